The zero-order chi connectivity index (χ0) is 17.2. The van der Waals surface area contributed by atoms with Gasteiger partial charge in [0.25, 0.3) is 0 Å². The fraction of sp³-hybridized carbons (Fsp3) is 0.300. The lowest BCUT2D eigenvalue weighted by atomic mass is 10.2. The van der Waals surface area contributed by atoms with E-state index in [4.69, 9.17) is 16.6 Å². The second kappa shape index (κ2) is 6.89. The van der Waals surface area contributed by atoms with Crippen LogP contribution in [0.4, 0.5) is 17.5 Å². The molecule has 0 amide bonds. The molecule has 0 bridgehead atoms. The minimum absolute atomic E-state index is 0.503. The summed E-state index contributed by atoms with van der Waals surface area (Å²) in [6.07, 6.45) is 4.99. The van der Waals surface area contributed by atoms with Crippen molar-refractivity contribution in [3.05, 3.63) is 53.1 Å². The molecule has 4 rings (SSSR count). The molecule has 0 spiro atoms. The molecule has 1 aromatic heterocycles. The lowest BCUT2D eigenvalue weighted by Gasteiger charge is -2.16. The highest BCUT2D eigenvalue weighted by molar-refractivity contribution is 6.30. The molecule has 1 saturated carbocycles. The van der Waals surface area contributed by atoms with E-state index in [0.29, 0.717) is 12.0 Å². The van der Waals surface area contributed by atoms with Crippen molar-refractivity contribution in [2.75, 3.05) is 10.6 Å². The molecule has 128 valence electrons. The van der Waals surface area contributed by atoms with Crippen LogP contribution in [0, 0.1) is 6.92 Å². The monoisotopic (exact) mass is 352 g/mol. The maximum absolute atomic E-state index is 6.05. The van der Waals surface area contributed by atoms with Gasteiger partial charge in [0.05, 0.1) is 5.52 Å². The number of para-hydroxylation sites is 1. The van der Waals surface area contributed by atoms with E-state index in [1.165, 1.54) is 25.7 Å². The molecule has 0 atom stereocenters. The van der Waals surface area contributed by atoms with Crippen molar-refractivity contribution in [1.29, 1.82) is 0 Å². The summed E-state index contributed by atoms with van der Waals surface area (Å²) in [6.45, 7) is 2.02. The SMILES string of the molecule is Cc1cc(Cl)ccc1Nc1nc(NC2CCCC2)c2ccccc2n1. The van der Waals surface area contributed by atoms with Crippen LogP contribution in [0.15, 0.2) is 42.5 Å². The minimum atomic E-state index is 0.503. The number of nitrogens with one attached hydrogen (secondary N) is 2. The van der Waals surface area contributed by atoms with E-state index in [0.717, 1.165) is 33.0 Å². The summed E-state index contributed by atoms with van der Waals surface area (Å²) in [4.78, 5) is 9.43. The van der Waals surface area contributed by atoms with Crippen LogP contribution in [0.3, 0.4) is 0 Å². The maximum atomic E-state index is 6.05. The van der Waals surface area contributed by atoms with Crippen molar-refractivity contribution in [2.24, 2.45) is 0 Å². The Morgan fingerprint density at radius 3 is 2.64 bits per heavy atom. The van der Waals surface area contributed by atoms with Gasteiger partial charge in [-0.2, -0.15) is 4.98 Å². The summed E-state index contributed by atoms with van der Waals surface area (Å²) in [7, 11) is 0. The van der Waals surface area contributed by atoms with E-state index < -0.39 is 0 Å². The zero-order valence-electron chi connectivity index (χ0n) is 14.2. The summed E-state index contributed by atoms with van der Waals surface area (Å²) in [5.41, 5.74) is 2.97. The highest BCUT2D eigenvalue weighted by Crippen LogP contribution is 2.28. The van der Waals surface area contributed by atoms with Gasteiger partial charge in [-0.15, -0.1) is 0 Å². The number of anilines is 3. The van der Waals surface area contributed by atoms with Crippen molar-refractivity contribution < 1.29 is 0 Å². The van der Waals surface area contributed by atoms with Crippen molar-refractivity contribution >= 4 is 40.0 Å². The van der Waals surface area contributed by atoms with Crippen molar-refractivity contribution in [3.8, 4) is 0 Å². The molecule has 1 heterocycles. The van der Waals surface area contributed by atoms with Crippen LogP contribution < -0.4 is 10.6 Å². The van der Waals surface area contributed by atoms with Gasteiger partial charge in [-0.25, -0.2) is 4.98 Å². The Labute approximate surface area is 152 Å². The van der Waals surface area contributed by atoms with Gasteiger partial charge < -0.3 is 10.6 Å². The van der Waals surface area contributed by atoms with E-state index >= 15 is 0 Å². The first kappa shape index (κ1) is 16.2. The number of aromatic nitrogens is 2. The average molecular weight is 353 g/mol. The summed E-state index contributed by atoms with van der Waals surface area (Å²) in [5, 5.41) is 8.75. The largest absolute Gasteiger partial charge is 0.367 e. The Hall–Kier alpha value is -2.33. The summed E-state index contributed by atoms with van der Waals surface area (Å²) in [5.74, 6) is 1.51. The highest BCUT2D eigenvalue weighted by atomic mass is 35.5. The number of halogens is 1. The molecule has 2 N–H and O–H groups in total. The first-order valence-electron chi connectivity index (χ1n) is 8.75. The van der Waals surface area contributed by atoms with Crippen LogP contribution in [0.2, 0.25) is 5.02 Å². The van der Waals surface area contributed by atoms with Gasteiger partial charge in [-0.3, -0.25) is 0 Å². The van der Waals surface area contributed by atoms with Crippen LogP contribution in [-0.2, 0) is 0 Å². The fourth-order valence-corrected chi connectivity index (χ4v) is 3.62. The molecule has 1 aliphatic rings. The van der Waals surface area contributed by atoms with Crippen molar-refractivity contribution in [2.45, 2.75) is 38.6 Å². The zero-order valence-corrected chi connectivity index (χ0v) is 15.0. The molecule has 1 fully saturated rings. The van der Waals surface area contributed by atoms with Crippen LogP contribution in [0.1, 0.15) is 31.2 Å². The number of hydrogen-bond acceptors (Lipinski definition) is 4. The van der Waals surface area contributed by atoms with Crippen molar-refractivity contribution in [1.82, 2.24) is 9.97 Å². The van der Waals surface area contributed by atoms with Crippen LogP contribution in [0.25, 0.3) is 10.9 Å². The van der Waals surface area contributed by atoms with Gasteiger partial charge in [0.1, 0.15) is 5.82 Å². The molecule has 3 aromatic rings. The average Bonchev–Trinajstić information content (AvgIpc) is 3.10. The number of nitrogens with zero attached hydrogens (tertiary/aromatic N) is 2. The molecule has 5 heteroatoms. The smallest absolute Gasteiger partial charge is 0.229 e. The minimum Gasteiger partial charge on any atom is -0.367 e. The second-order valence-corrected chi connectivity index (χ2v) is 7.06. The van der Waals surface area contributed by atoms with Gasteiger partial charge in [0.2, 0.25) is 5.95 Å². The van der Waals surface area contributed by atoms with Crippen molar-refractivity contribution in [3.63, 3.8) is 0 Å². The molecule has 25 heavy (non-hydrogen) atoms. The van der Waals surface area contributed by atoms with E-state index in [-0.39, 0.29) is 0 Å². The van der Waals surface area contributed by atoms with Gasteiger partial charge in [-0.1, -0.05) is 36.6 Å². The third kappa shape index (κ3) is 3.54. The van der Waals surface area contributed by atoms with E-state index in [9.17, 15) is 0 Å². The van der Waals surface area contributed by atoms with Gasteiger partial charge >= 0.3 is 0 Å². The Balaban J connectivity index is 1.71. The predicted octanol–water partition coefficient (Wildman–Crippen LogP) is 5.69. The molecule has 4 nitrogen and oxygen atoms in total. The first-order chi connectivity index (χ1) is 12.2. The van der Waals surface area contributed by atoms with Crippen LogP contribution in [-0.4, -0.2) is 16.0 Å². The van der Waals surface area contributed by atoms with E-state index in [1.807, 2.05) is 43.3 Å². The number of fused-ring (bicyclic) bond motifs is 1. The molecule has 0 saturated heterocycles. The van der Waals surface area contributed by atoms with Gasteiger partial charge in [0.15, 0.2) is 0 Å². The third-order valence-corrected chi connectivity index (χ3v) is 4.97. The first-order valence-corrected chi connectivity index (χ1v) is 9.13. The number of benzene rings is 2. The Kier molecular flexibility index (Phi) is 4.45. The second-order valence-electron chi connectivity index (χ2n) is 6.62. The molecule has 1 aliphatic carbocycles. The number of aryl methyl sites for hydroxylation is 1. The Morgan fingerprint density at radius 2 is 1.84 bits per heavy atom. The van der Waals surface area contributed by atoms with Crippen LogP contribution in [0.5, 0.6) is 0 Å². The Bertz CT molecular complexity index is 903. The van der Waals surface area contributed by atoms with Gasteiger partial charge in [0, 0.05) is 22.1 Å². The summed E-state index contributed by atoms with van der Waals surface area (Å²) >= 11 is 6.05. The normalized spacial score (nSPS) is 14.8. The maximum Gasteiger partial charge on any atom is 0.229 e. The highest BCUT2D eigenvalue weighted by Gasteiger charge is 2.17. The quantitative estimate of drug-likeness (QED) is 0.633. The molecular weight excluding hydrogens is 332 g/mol. The standard InChI is InChI=1S/C20H21ClN4/c1-13-12-14(21)10-11-17(13)23-20-24-18-9-5-4-8-16(18)19(25-20)22-15-6-2-3-7-15/h4-5,8-12,15H,2-3,6-7H2,1H3,(H2,22,23,24,25). The fourth-order valence-electron chi connectivity index (χ4n) is 3.39. The Morgan fingerprint density at radius 1 is 1.04 bits per heavy atom. The topological polar surface area (TPSA) is 49.8 Å². The van der Waals surface area contributed by atoms with Gasteiger partial charge in [-0.05, 0) is 55.7 Å². The summed E-state index contributed by atoms with van der Waals surface area (Å²) in [6, 6.07) is 14.4. The lowest BCUT2D eigenvalue weighted by Crippen LogP contribution is -2.16. The molecule has 2 aromatic carbocycles. The van der Waals surface area contributed by atoms with E-state index in [2.05, 4.69) is 21.7 Å². The third-order valence-electron chi connectivity index (χ3n) is 4.73. The van der Waals surface area contributed by atoms with E-state index in [1.54, 1.807) is 0 Å². The molecule has 0 aliphatic heterocycles. The molecular formula is C20H21ClN4. The number of hydrogen-bond donors (Lipinski definition) is 2. The molecule has 0 unspecified atom stereocenters. The lowest BCUT2D eigenvalue weighted by molar-refractivity contribution is 0.752. The predicted molar refractivity (Wildman–Crippen MR) is 105 cm³/mol. The molecule has 0 radical (unpaired) electrons. The number of rotatable bonds is 4. The van der Waals surface area contributed by atoms with Crippen LogP contribution >= 0.6 is 11.6 Å². The summed E-state index contributed by atoms with van der Waals surface area (Å²) < 4.78 is 0.